The van der Waals surface area contributed by atoms with Gasteiger partial charge in [0.05, 0.1) is 0 Å². The van der Waals surface area contributed by atoms with E-state index in [1.54, 1.807) is 0 Å². The minimum Gasteiger partial charge on any atom is -0.335 e. The van der Waals surface area contributed by atoms with Gasteiger partial charge in [0.15, 0.2) is 0 Å². The lowest BCUT2D eigenvalue weighted by atomic mass is 9.93. The molecule has 1 aliphatic carbocycles. The van der Waals surface area contributed by atoms with E-state index in [0.717, 1.165) is 25.7 Å². The third-order valence-corrected chi connectivity index (χ3v) is 2.77. The van der Waals surface area contributed by atoms with Gasteiger partial charge >= 0.3 is 6.03 Å². The van der Waals surface area contributed by atoms with E-state index in [9.17, 15) is 4.79 Å². The molecule has 0 radical (unpaired) electrons. The van der Waals surface area contributed by atoms with Crippen molar-refractivity contribution in [2.45, 2.75) is 64.5 Å². The average molecular weight is 198 g/mol. The average Bonchev–Trinajstić information content (AvgIpc) is 1.95. The Labute approximate surface area is 86.6 Å². The van der Waals surface area contributed by atoms with Crippen molar-refractivity contribution < 1.29 is 4.79 Å². The van der Waals surface area contributed by atoms with E-state index in [0.29, 0.717) is 6.04 Å². The summed E-state index contributed by atoms with van der Waals surface area (Å²) in [5.41, 5.74) is -0.0808. The first-order valence-electron chi connectivity index (χ1n) is 5.62. The Bertz CT molecular complexity index is 197. The van der Waals surface area contributed by atoms with Crippen LogP contribution in [-0.2, 0) is 0 Å². The Balaban J connectivity index is 2.23. The van der Waals surface area contributed by atoms with E-state index >= 15 is 0 Å². The van der Waals surface area contributed by atoms with Gasteiger partial charge in [-0.05, 0) is 39.5 Å². The largest absolute Gasteiger partial charge is 0.335 e. The standard InChI is InChI=1S/C11H22N2O/c1-4-8-11(2,3)13-10(14)12-9-6-5-7-9/h9H,4-8H2,1-3H3,(H2,12,13,14). The van der Waals surface area contributed by atoms with Crippen LogP contribution in [0.2, 0.25) is 0 Å². The summed E-state index contributed by atoms with van der Waals surface area (Å²) in [5, 5.41) is 5.99. The van der Waals surface area contributed by atoms with Crippen molar-refractivity contribution in [3.63, 3.8) is 0 Å². The van der Waals surface area contributed by atoms with Gasteiger partial charge in [-0.25, -0.2) is 4.79 Å². The van der Waals surface area contributed by atoms with Crippen LogP contribution in [0.25, 0.3) is 0 Å². The molecule has 1 saturated carbocycles. The lowest BCUT2D eigenvalue weighted by Crippen LogP contribution is -2.52. The predicted molar refractivity (Wildman–Crippen MR) is 58.3 cm³/mol. The molecule has 0 unspecified atom stereocenters. The molecule has 2 amide bonds. The maximum atomic E-state index is 11.5. The van der Waals surface area contributed by atoms with Crippen molar-refractivity contribution in [1.29, 1.82) is 0 Å². The van der Waals surface area contributed by atoms with Gasteiger partial charge in [0, 0.05) is 11.6 Å². The molecule has 82 valence electrons. The van der Waals surface area contributed by atoms with E-state index in [1.165, 1.54) is 6.42 Å². The fourth-order valence-corrected chi connectivity index (χ4v) is 1.77. The van der Waals surface area contributed by atoms with Gasteiger partial charge < -0.3 is 10.6 Å². The van der Waals surface area contributed by atoms with Crippen molar-refractivity contribution in [2.75, 3.05) is 0 Å². The fourth-order valence-electron chi connectivity index (χ4n) is 1.77. The number of rotatable bonds is 4. The molecule has 0 aromatic carbocycles. The number of hydrogen-bond acceptors (Lipinski definition) is 1. The van der Waals surface area contributed by atoms with Crippen molar-refractivity contribution >= 4 is 6.03 Å². The van der Waals surface area contributed by atoms with E-state index in [2.05, 4.69) is 31.4 Å². The number of nitrogens with one attached hydrogen (secondary N) is 2. The zero-order valence-corrected chi connectivity index (χ0v) is 9.52. The third-order valence-electron chi connectivity index (χ3n) is 2.77. The maximum absolute atomic E-state index is 11.5. The highest BCUT2D eigenvalue weighted by atomic mass is 16.2. The minimum atomic E-state index is -0.0808. The normalized spacial score (nSPS) is 17.4. The highest BCUT2D eigenvalue weighted by Crippen LogP contribution is 2.18. The molecule has 0 spiro atoms. The van der Waals surface area contributed by atoms with Gasteiger partial charge in [-0.15, -0.1) is 0 Å². The molecular formula is C11H22N2O. The molecule has 0 heterocycles. The fraction of sp³-hybridized carbons (Fsp3) is 0.909. The Kier molecular flexibility index (Phi) is 3.78. The number of urea groups is 1. The topological polar surface area (TPSA) is 41.1 Å². The molecule has 3 nitrogen and oxygen atoms in total. The molecule has 1 rings (SSSR count). The molecule has 0 aliphatic heterocycles. The lowest BCUT2D eigenvalue weighted by Gasteiger charge is -2.30. The summed E-state index contributed by atoms with van der Waals surface area (Å²) in [6.07, 6.45) is 5.65. The Morgan fingerprint density at radius 1 is 1.43 bits per heavy atom. The van der Waals surface area contributed by atoms with Crippen LogP contribution in [0.4, 0.5) is 4.79 Å². The van der Waals surface area contributed by atoms with Crippen LogP contribution in [0.5, 0.6) is 0 Å². The Hall–Kier alpha value is -0.730. The van der Waals surface area contributed by atoms with Gasteiger partial charge in [-0.3, -0.25) is 0 Å². The van der Waals surface area contributed by atoms with Crippen LogP contribution < -0.4 is 10.6 Å². The molecule has 0 aromatic heterocycles. The number of carbonyl (C=O) groups excluding carboxylic acids is 1. The molecule has 14 heavy (non-hydrogen) atoms. The highest BCUT2D eigenvalue weighted by molar-refractivity contribution is 5.75. The van der Waals surface area contributed by atoms with Gasteiger partial charge in [0.1, 0.15) is 0 Å². The van der Waals surface area contributed by atoms with Gasteiger partial charge in [0.2, 0.25) is 0 Å². The monoisotopic (exact) mass is 198 g/mol. The third kappa shape index (κ3) is 3.56. The summed E-state index contributed by atoms with van der Waals surface area (Å²) in [6.45, 7) is 6.26. The minimum absolute atomic E-state index is 0.00634. The SMILES string of the molecule is CCCC(C)(C)NC(=O)NC1CCC1. The first-order chi connectivity index (χ1) is 6.53. The summed E-state index contributed by atoms with van der Waals surface area (Å²) < 4.78 is 0. The molecule has 0 atom stereocenters. The summed E-state index contributed by atoms with van der Waals surface area (Å²) in [5.74, 6) is 0. The molecule has 0 bridgehead atoms. The van der Waals surface area contributed by atoms with Crippen LogP contribution in [0.15, 0.2) is 0 Å². The van der Waals surface area contributed by atoms with Gasteiger partial charge in [-0.1, -0.05) is 13.3 Å². The summed E-state index contributed by atoms with van der Waals surface area (Å²) in [7, 11) is 0. The second-order valence-corrected chi connectivity index (χ2v) is 4.86. The molecule has 2 N–H and O–H groups in total. The number of hydrogen-bond donors (Lipinski definition) is 2. The molecule has 3 heteroatoms. The maximum Gasteiger partial charge on any atom is 0.315 e. The van der Waals surface area contributed by atoms with Crippen molar-refractivity contribution in [3.8, 4) is 0 Å². The number of amides is 2. The van der Waals surface area contributed by atoms with Crippen LogP contribution in [0.1, 0.15) is 52.9 Å². The van der Waals surface area contributed by atoms with E-state index in [-0.39, 0.29) is 11.6 Å². The molecule has 1 aliphatic rings. The first kappa shape index (κ1) is 11.3. The van der Waals surface area contributed by atoms with E-state index in [4.69, 9.17) is 0 Å². The van der Waals surface area contributed by atoms with Crippen LogP contribution in [0, 0.1) is 0 Å². The quantitative estimate of drug-likeness (QED) is 0.715. The first-order valence-corrected chi connectivity index (χ1v) is 5.62. The molecule has 0 aromatic rings. The Morgan fingerprint density at radius 3 is 2.50 bits per heavy atom. The Morgan fingerprint density at radius 2 is 2.07 bits per heavy atom. The van der Waals surface area contributed by atoms with Crippen LogP contribution in [-0.4, -0.2) is 17.6 Å². The summed E-state index contributed by atoms with van der Waals surface area (Å²) in [4.78, 5) is 11.5. The predicted octanol–water partition coefficient (Wildman–Crippen LogP) is 2.42. The molecule has 0 saturated heterocycles. The molecular weight excluding hydrogens is 176 g/mol. The van der Waals surface area contributed by atoms with Crippen molar-refractivity contribution in [1.82, 2.24) is 10.6 Å². The van der Waals surface area contributed by atoms with Gasteiger partial charge in [-0.2, -0.15) is 0 Å². The van der Waals surface area contributed by atoms with Gasteiger partial charge in [0.25, 0.3) is 0 Å². The smallest absolute Gasteiger partial charge is 0.315 e. The van der Waals surface area contributed by atoms with E-state index in [1.807, 2.05) is 0 Å². The second-order valence-electron chi connectivity index (χ2n) is 4.86. The van der Waals surface area contributed by atoms with Crippen LogP contribution in [0.3, 0.4) is 0 Å². The zero-order chi connectivity index (χ0) is 10.6. The highest BCUT2D eigenvalue weighted by Gasteiger charge is 2.23. The van der Waals surface area contributed by atoms with Crippen LogP contribution >= 0.6 is 0 Å². The van der Waals surface area contributed by atoms with Crippen molar-refractivity contribution in [3.05, 3.63) is 0 Å². The molecule has 1 fully saturated rings. The lowest BCUT2D eigenvalue weighted by molar-refractivity contribution is 0.216. The second kappa shape index (κ2) is 4.67. The van der Waals surface area contributed by atoms with E-state index < -0.39 is 0 Å². The summed E-state index contributed by atoms with van der Waals surface area (Å²) >= 11 is 0. The summed E-state index contributed by atoms with van der Waals surface area (Å²) in [6, 6.07) is 0.417. The van der Waals surface area contributed by atoms with Crippen molar-refractivity contribution in [2.24, 2.45) is 0 Å². The zero-order valence-electron chi connectivity index (χ0n) is 9.52. The number of carbonyl (C=O) groups is 1.